The molecule has 0 unspecified atom stereocenters. The highest BCUT2D eigenvalue weighted by Crippen LogP contribution is 2.22. The van der Waals surface area contributed by atoms with Crippen molar-refractivity contribution in [2.75, 3.05) is 6.54 Å². The average molecular weight is 347 g/mol. The zero-order valence-corrected chi connectivity index (χ0v) is 13.9. The van der Waals surface area contributed by atoms with Crippen LogP contribution in [0.15, 0.2) is 22.9 Å². The van der Waals surface area contributed by atoms with E-state index in [1.807, 2.05) is 6.07 Å². The van der Waals surface area contributed by atoms with Crippen LogP contribution in [0.3, 0.4) is 0 Å². The first-order valence-electron chi connectivity index (χ1n) is 7.32. The number of aromatic nitrogens is 3. The van der Waals surface area contributed by atoms with Crippen LogP contribution in [0.25, 0.3) is 11.4 Å². The van der Waals surface area contributed by atoms with Crippen molar-refractivity contribution in [1.29, 1.82) is 0 Å². The maximum absolute atomic E-state index is 4.66. The zero-order valence-electron chi connectivity index (χ0n) is 12.4. The van der Waals surface area contributed by atoms with E-state index in [-0.39, 0.29) is 0 Å². The molecule has 0 spiro atoms. The predicted molar refractivity (Wildman–Crippen MR) is 87.2 cm³/mol. The van der Waals surface area contributed by atoms with Crippen LogP contribution in [-0.4, -0.2) is 27.5 Å². The van der Waals surface area contributed by atoms with Gasteiger partial charge < -0.3 is 5.32 Å². The number of hydrogen-bond donors (Lipinski definition) is 1. The third-order valence-electron chi connectivity index (χ3n) is 3.77. The molecule has 0 amide bonds. The highest BCUT2D eigenvalue weighted by atomic mass is 79.9. The van der Waals surface area contributed by atoms with E-state index in [1.54, 1.807) is 12.4 Å². The molecular weight excluding hydrogens is 328 g/mol. The molecule has 0 radical (unpaired) electrons. The lowest BCUT2D eigenvalue weighted by Gasteiger charge is -2.11. The van der Waals surface area contributed by atoms with E-state index in [0.29, 0.717) is 0 Å². The van der Waals surface area contributed by atoms with Gasteiger partial charge in [0.05, 0.1) is 0 Å². The molecular formula is C16H19BrN4. The largest absolute Gasteiger partial charge is 0.314 e. The molecule has 1 aliphatic carbocycles. The van der Waals surface area contributed by atoms with E-state index >= 15 is 0 Å². The fourth-order valence-corrected chi connectivity index (χ4v) is 2.82. The number of nitrogens with one attached hydrogen (secondary N) is 1. The van der Waals surface area contributed by atoms with Gasteiger partial charge in [-0.2, -0.15) is 0 Å². The topological polar surface area (TPSA) is 50.7 Å². The maximum Gasteiger partial charge on any atom is 0.161 e. The highest BCUT2D eigenvalue weighted by molar-refractivity contribution is 9.10. The Morgan fingerprint density at radius 1 is 1.19 bits per heavy atom. The minimum Gasteiger partial charge on any atom is -0.314 e. The number of pyridine rings is 1. The Bertz CT molecular complexity index is 629. The molecule has 5 heteroatoms. The Morgan fingerprint density at radius 3 is 2.52 bits per heavy atom. The highest BCUT2D eigenvalue weighted by Gasteiger charge is 2.20. The number of aryl methyl sites for hydroxylation is 2. The van der Waals surface area contributed by atoms with Crippen molar-refractivity contribution >= 4 is 15.9 Å². The second-order valence-electron chi connectivity index (χ2n) is 5.57. The lowest BCUT2D eigenvalue weighted by Crippen LogP contribution is -2.20. The number of rotatable bonds is 5. The van der Waals surface area contributed by atoms with Crippen molar-refractivity contribution in [3.63, 3.8) is 0 Å². The van der Waals surface area contributed by atoms with Gasteiger partial charge in [0.15, 0.2) is 5.82 Å². The molecule has 1 aliphatic rings. The van der Waals surface area contributed by atoms with Crippen molar-refractivity contribution in [1.82, 2.24) is 20.3 Å². The second kappa shape index (κ2) is 6.20. The van der Waals surface area contributed by atoms with E-state index in [9.17, 15) is 0 Å². The summed E-state index contributed by atoms with van der Waals surface area (Å²) in [5, 5.41) is 3.54. The molecule has 110 valence electrons. The Labute approximate surface area is 133 Å². The van der Waals surface area contributed by atoms with Crippen LogP contribution in [0.5, 0.6) is 0 Å². The van der Waals surface area contributed by atoms with Crippen molar-refractivity contribution in [2.45, 2.75) is 39.2 Å². The van der Waals surface area contributed by atoms with Crippen LogP contribution in [0.4, 0.5) is 0 Å². The van der Waals surface area contributed by atoms with E-state index in [0.717, 1.165) is 46.3 Å². The molecule has 1 fully saturated rings. The quantitative estimate of drug-likeness (QED) is 0.902. The lowest BCUT2D eigenvalue weighted by atomic mass is 10.1. The van der Waals surface area contributed by atoms with Gasteiger partial charge in [-0.05, 0) is 67.2 Å². The molecule has 0 aliphatic heterocycles. The van der Waals surface area contributed by atoms with Gasteiger partial charge in [0, 0.05) is 39.9 Å². The summed E-state index contributed by atoms with van der Waals surface area (Å²) in [6.45, 7) is 5.14. The van der Waals surface area contributed by atoms with Gasteiger partial charge >= 0.3 is 0 Å². The Balaban J connectivity index is 1.81. The second-order valence-corrected chi connectivity index (χ2v) is 6.48. The molecule has 1 saturated carbocycles. The van der Waals surface area contributed by atoms with Crippen LogP contribution in [-0.2, 0) is 6.42 Å². The van der Waals surface area contributed by atoms with Crippen molar-refractivity contribution < 1.29 is 0 Å². The molecule has 2 aromatic rings. The predicted octanol–water partition coefficient (Wildman–Crippen LogP) is 3.21. The molecule has 3 rings (SSSR count). The Morgan fingerprint density at radius 2 is 1.90 bits per heavy atom. The van der Waals surface area contributed by atoms with Gasteiger partial charge in [0.1, 0.15) is 0 Å². The minimum atomic E-state index is 0.748. The van der Waals surface area contributed by atoms with Crippen LogP contribution in [0, 0.1) is 13.8 Å². The fourth-order valence-electron chi connectivity index (χ4n) is 2.45. The molecule has 21 heavy (non-hydrogen) atoms. The summed E-state index contributed by atoms with van der Waals surface area (Å²) in [4.78, 5) is 13.5. The third kappa shape index (κ3) is 3.66. The summed E-state index contributed by atoms with van der Waals surface area (Å²) in [5.74, 6) is 0.748. The van der Waals surface area contributed by atoms with E-state index in [1.165, 1.54) is 18.4 Å². The minimum absolute atomic E-state index is 0.748. The van der Waals surface area contributed by atoms with E-state index < -0.39 is 0 Å². The van der Waals surface area contributed by atoms with Crippen molar-refractivity contribution in [3.05, 3.63) is 39.9 Å². The van der Waals surface area contributed by atoms with Crippen molar-refractivity contribution in [2.24, 2.45) is 0 Å². The molecule has 2 heterocycles. The van der Waals surface area contributed by atoms with Gasteiger partial charge in [0.25, 0.3) is 0 Å². The molecule has 0 saturated heterocycles. The van der Waals surface area contributed by atoms with Crippen LogP contribution < -0.4 is 5.32 Å². The first kappa shape index (κ1) is 14.6. The summed E-state index contributed by atoms with van der Waals surface area (Å²) in [5.41, 5.74) is 4.33. The van der Waals surface area contributed by atoms with Gasteiger partial charge in [-0.1, -0.05) is 0 Å². The number of nitrogens with zero attached hydrogens (tertiary/aromatic N) is 3. The van der Waals surface area contributed by atoms with Crippen molar-refractivity contribution in [3.8, 4) is 11.4 Å². The van der Waals surface area contributed by atoms with Gasteiger partial charge in [0.2, 0.25) is 0 Å². The number of halogens is 1. The smallest absolute Gasteiger partial charge is 0.161 e. The molecule has 1 N–H and O–H groups in total. The fraction of sp³-hybridized carbons (Fsp3) is 0.438. The molecule has 2 aromatic heterocycles. The molecule has 0 bridgehead atoms. The summed E-state index contributed by atoms with van der Waals surface area (Å²) in [6.07, 6.45) is 7.20. The first-order valence-corrected chi connectivity index (χ1v) is 8.11. The Kier molecular flexibility index (Phi) is 4.31. The first-order chi connectivity index (χ1) is 10.1. The van der Waals surface area contributed by atoms with Crippen LogP contribution >= 0.6 is 15.9 Å². The molecule has 0 aromatic carbocycles. The van der Waals surface area contributed by atoms with Crippen LogP contribution in [0.1, 0.15) is 29.8 Å². The summed E-state index contributed by atoms with van der Waals surface area (Å²) in [7, 11) is 0. The monoisotopic (exact) mass is 346 g/mol. The lowest BCUT2D eigenvalue weighted by molar-refractivity contribution is 0.675. The van der Waals surface area contributed by atoms with Gasteiger partial charge in [-0.25, -0.2) is 9.97 Å². The number of hydrogen-bond acceptors (Lipinski definition) is 4. The summed E-state index contributed by atoms with van der Waals surface area (Å²) < 4.78 is 0.941. The summed E-state index contributed by atoms with van der Waals surface area (Å²) in [6, 6.07) is 2.74. The van der Waals surface area contributed by atoms with E-state index in [2.05, 4.69) is 50.0 Å². The normalized spacial score (nSPS) is 14.4. The summed E-state index contributed by atoms with van der Waals surface area (Å²) >= 11 is 3.44. The zero-order chi connectivity index (χ0) is 14.8. The Hall–Kier alpha value is -1.33. The van der Waals surface area contributed by atoms with Crippen LogP contribution in [0.2, 0.25) is 0 Å². The molecule has 4 nitrogen and oxygen atoms in total. The van der Waals surface area contributed by atoms with Gasteiger partial charge in [-0.3, -0.25) is 4.98 Å². The third-order valence-corrected chi connectivity index (χ3v) is 4.20. The molecule has 0 atom stereocenters. The average Bonchev–Trinajstić information content (AvgIpc) is 3.26. The van der Waals surface area contributed by atoms with E-state index in [4.69, 9.17) is 0 Å². The standard InChI is InChI=1S/C16H19BrN4/c1-10-15(5-6-19-14-3-4-14)11(2)21-16(20-10)12-7-13(17)9-18-8-12/h7-9,14,19H,3-6H2,1-2H3. The van der Waals surface area contributed by atoms with Gasteiger partial charge in [-0.15, -0.1) is 0 Å². The maximum atomic E-state index is 4.66. The SMILES string of the molecule is Cc1nc(-c2cncc(Br)c2)nc(C)c1CCNC1CC1.